The number of aliphatic carboxylic acids is 1. The summed E-state index contributed by atoms with van der Waals surface area (Å²) in [4.78, 5) is 34.3. The molecule has 4 heterocycles. The number of carbonyl (C=O) groups is 2. The van der Waals surface area contributed by atoms with Crippen molar-refractivity contribution in [1.82, 2.24) is 24.6 Å². The van der Waals surface area contributed by atoms with E-state index in [1.807, 2.05) is 0 Å². The number of ether oxygens (including phenoxy) is 1. The highest BCUT2D eigenvalue weighted by atomic mass is 16.5. The van der Waals surface area contributed by atoms with Crippen LogP contribution in [0.25, 0.3) is 5.82 Å². The topological polar surface area (TPSA) is 110 Å². The summed E-state index contributed by atoms with van der Waals surface area (Å²) in [5.74, 6) is -0.687. The Bertz CT molecular complexity index is 791. The van der Waals surface area contributed by atoms with E-state index < -0.39 is 11.4 Å². The summed E-state index contributed by atoms with van der Waals surface area (Å²) in [7, 11) is 0. The fourth-order valence-electron chi connectivity index (χ4n) is 3.61. The van der Waals surface area contributed by atoms with Crippen molar-refractivity contribution >= 4 is 11.9 Å². The molecular formula is C16H17N5O4. The fourth-order valence-corrected chi connectivity index (χ4v) is 3.61. The van der Waals surface area contributed by atoms with Gasteiger partial charge in [-0.25, -0.2) is 14.6 Å². The van der Waals surface area contributed by atoms with Gasteiger partial charge in [0.1, 0.15) is 12.7 Å². The number of hydrogen-bond donors (Lipinski definition) is 1. The van der Waals surface area contributed by atoms with E-state index in [0.717, 1.165) is 0 Å². The van der Waals surface area contributed by atoms with E-state index in [1.54, 1.807) is 17.0 Å². The lowest BCUT2D eigenvalue weighted by Gasteiger charge is -2.33. The second-order valence-corrected chi connectivity index (χ2v) is 6.41. The Hall–Kier alpha value is -2.81. The number of carboxylic acids is 1. The zero-order valence-corrected chi connectivity index (χ0v) is 13.4. The van der Waals surface area contributed by atoms with Gasteiger partial charge in [0.05, 0.1) is 17.6 Å². The second-order valence-electron chi connectivity index (χ2n) is 6.41. The lowest BCUT2D eigenvalue weighted by molar-refractivity contribution is -0.157. The molecule has 2 aromatic rings. The Labute approximate surface area is 143 Å². The molecule has 9 nitrogen and oxygen atoms in total. The Balaban J connectivity index is 1.54. The summed E-state index contributed by atoms with van der Waals surface area (Å²) < 4.78 is 6.92. The first-order valence-corrected chi connectivity index (χ1v) is 8.02. The molecule has 0 aromatic carbocycles. The maximum Gasteiger partial charge on any atom is 0.311 e. The summed E-state index contributed by atoms with van der Waals surface area (Å²) in [5.41, 5.74) is -0.480. The Morgan fingerprint density at radius 2 is 2.24 bits per heavy atom. The number of carbonyl (C=O) groups excluding carboxylic acids is 1. The highest BCUT2D eigenvalue weighted by Crippen LogP contribution is 2.42. The third kappa shape index (κ3) is 2.56. The Kier molecular flexibility index (Phi) is 3.72. The summed E-state index contributed by atoms with van der Waals surface area (Å²) in [6.45, 7) is 1.38. The first-order chi connectivity index (χ1) is 12.1. The van der Waals surface area contributed by atoms with E-state index in [2.05, 4.69) is 15.1 Å². The molecule has 0 unspecified atom stereocenters. The van der Waals surface area contributed by atoms with Gasteiger partial charge in [-0.1, -0.05) is 0 Å². The predicted octanol–water partition coefficient (Wildman–Crippen LogP) is 0.226. The molecule has 2 aromatic heterocycles. The maximum absolute atomic E-state index is 12.8. The highest BCUT2D eigenvalue weighted by molar-refractivity contribution is 5.95. The van der Waals surface area contributed by atoms with Crippen molar-refractivity contribution in [2.24, 2.45) is 11.3 Å². The van der Waals surface area contributed by atoms with Crippen LogP contribution in [0.5, 0.6) is 0 Å². The smallest absolute Gasteiger partial charge is 0.311 e. The number of aromatic nitrogens is 4. The van der Waals surface area contributed by atoms with Crippen molar-refractivity contribution in [1.29, 1.82) is 0 Å². The maximum atomic E-state index is 12.8. The zero-order chi connectivity index (χ0) is 17.4. The molecule has 2 saturated heterocycles. The van der Waals surface area contributed by atoms with Gasteiger partial charge in [-0.05, 0) is 18.6 Å². The lowest BCUT2D eigenvalue weighted by Crippen LogP contribution is -2.45. The Morgan fingerprint density at radius 1 is 1.36 bits per heavy atom. The van der Waals surface area contributed by atoms with Crippen LogP contribution in [0.1, 0.15) is 16.8 Å². The largest absolute Gasteiger partial charge is 0.481 e. The first kappa shape index (κ1) is 15.7. The second kappa shape index (κ2) is 5.92. The fraction of sp³-hybridized carbons (Fsp3) is 0.438. The molecule has 2 atom stereocenters. The molecular weight excluding hydrogens is 326 g/mol. The van der Waals surface area contributed by atoms with Crippen LogP contribution in [0, 0.1) is 11.3 Å². The molecule has 1 N–H and O–H groups in total. The van der Waals surface area contributed by atoms with Crippen molar-refractivity contribution in [3.8, 4) is 5.82 Å². The molecule has 4 rings (SSSR count). The van der Waals surface area contributed by atoms with E-state index in [9.17, 15) is 14.7 Å². The molecule has 0 spiro atoms. The van der Waals surface area contributed by atoms with Crippen LogP contribution in [-0.4, -0.2) is 67.9 Å². The minimum Gasteiger partial charge on any atom is -0.481 e. The normalized spacial score (nSPS) is 25.6. The van der Waals surface area contributed by atoms with Gasteiger partial charge in [0, 0.05) is 31.8 Å². The van der Waals surface area contributed by atoms with Gasteiger partial charge >= 0.3 is 5.97 Å². The number of carboxylic acid groups (broad SMARTS) is 1. The van der Waals surface area contributed by atoms with Crippen LogP contribution >= 0.6 is 0 Å². The standard InChI is InChI=1S/C16H17N5O4/c22-14(11-1-2-13(18-5-11)21-10-17-9-19-21)20-6-12-7-25-4-3-16(12,8-20)15(23)24/h1-2,5,9-10,12H,3-4,6-8H2,(H,23,24)/t12-,16+/m0/s1. The van der Waals surface area contributed by atoms with E-state index in [-0.39, 0.29) is 18.4 Å². The molecule has 0 aliphatic carbocycles. The van der Waals surface area contributed by atoms with Crippen LogP contribution in [0.2, 0.25) is 0 Å². The molecule has 9 heteroatoms. The summed E-state index contributed by atoms with van der Waals surface area (Å²) in [6, 6.07) is 3.35. The van der Waals surface area contributed by atoms with Gasteiger partial charge in [-0.2, -0.15) is 5.10 Å². The highest BCUT2D eigenvalue weighted by Gasteiger charge is 2.54. The first-order valence-electron chi connectivity index (χ1n) is 8.02. The minimum atomic E-state index is -0.901. The quantitative estimate of drug-likeness (QED) is 0.849. The summed E-state index contributed by atoms with van der Waals surface area (Å²) in [6.07, 6.45) is 4.83. The van der Waals surface area contributed by atoms with Crippen LogP contribution < -0.4 is 0 Å². The minimum absolute atomic E-state index is 0.176. The predicted molar refractivity (Wildman–Crippen MR) is 84.1 cm³/mol. The van der Waals surface area contributed by atoms with Crippen molar-refractivity contribution in [2.45, 2.75) is 6.42 Å². The molecule has 1 amide bonds. The third-order valence-corrected chi connectivity index (χ3v) is 5.07. The SMILES string of the molecule is O=C(c1ccc(-n2cncn2)nc1)N1C[C@H]2COCC[C@@]2(C(=O)O)C1. The lowest BCUT2D eigenvalue weighted by atomic mass is 9.74. The van der Waals surface area contributed by atoms with Crippen LogP contribution in [0.15, 0.2) is 31.0 Å². The molecule has 25 heavy (non-hydrogen) atoms. The van der Waals surface area contributed by atoms with Gasteiger partial charge in [-0.15, -0.1) is 0 Å². The third-order valence-electron chi connectivity index (χ3n) is 5.07. The van der Waals surface area contributed by atoms with E-state index >= 15 is 0 Å². The number of fused-ring (bicyclic) bond motifs is 1. The van der Waals surface area contributed by atoms with Crippen molar-refractivity contribution in [3.05, 3.63) is 36.5 Å². The molecule has 2 aliphatic rings. The molecule has 0 bridgehead atoms. The van der Waals surface area contributed by atoms with E-state index in [0.29, 0.717) is 37.6 Å². The van der Waals surface area contributed by atoms with Gasteiger partial charge in [0.25, 0.3) is 5.91 Å². The van der Waals surface area contributed by atoms with Crippen LogP contribution in [0.3, 0.4) is 0 Å². The van der Waals surface area contributed by atoms with Gasteiger partial charge in [0.2, 0.25) is 0 Å². The van der Waals surface area contributed by atoms with Gasteiger partial charge in [-0.3, -0.25) is 9.59 Å². The van der Waals surface area contributed by atoms with Crippen LogP contribution in [0.4, 0.5) is 0 Å². The summed E-state index contributed by atoms with van der Waals surface area (Å²) >= 11 is 0. The number of hydrogen-bond acceptors (Lipinski definition) is 6. The molecule has 0 saturated carbocycles. The van der Waals surface area contributed by atoms with Gasteiger partial charge in [0.15, 0.2) is 5.82 Å². The molecule has 0 radical (unpaired) electrons. The van der Waals surface area contributed by atoms with Crippen LogP contribution in [-0.2, 0) is 9.53 Å². The average Bonchev–Trinajstić information content (AvgIpc) is 3.29. The molecule has 130 valence electrons. The molecule has 2 aliphatic heterocycles. The van der Waals surface area contributed by atoms with Gasteiger partial charge < -0.3 is 14.7 Å². The van der Waals surface area contributed by atoms with Crippen molar-refractivity contribution in [3.63, 3.8) is 0 Å². The van der Waals surface area contributed by atoms with E-state index in [1.165, 1.54) is 23.5 Å². The number of rotatable bonds is 3. The van der Waals surface area contributed by atoms with E-state index in [4.69, 9.17) is 4.74 Å². The number of amides is 1. The monoisotopic (exact) mass is 343 g/mol. The van der Waals surface area contributed by atoms with Crippen molar-refractivity contribution < 1.29 is 19.4 Å². The van der Waals surface area contributed by atoms with Crippen molar-refractivity contribution in [2.75, 3.05) is 26.3 Å². The number of nitrogens with zero attached hydrogens (tertiary/aromatic N) is 5. The zero-order valence-electron chi connectivity index (χ0n) is 13.4. The summed E-state index contributed by atoms with van der Waals surface area (Å²) in [5, 5.41) is 13.7. The molecule has 2 fully saturated rings. The average molecular weight is 343 g/mol. The Morgan fingerprint density at radius 3 is 2.88 bits per heavy atom. The number of likely N-dealkylation sites (tertiary alicyclic amines) is 1. The number of pyridine rings is 1.